The van der Waals surface area contributed by atoms with Crippen LogP contribution >= 0.6 is 11.8 Å². The van der Waals surface area contributed by atoms with E-state index >= 15 is 0 Å². The number of hydrogen-bond acceptors (Lipinski definition) is 7. The molecule has 3 aromatic rings. The van der Waals surface area contributed by atoms with E-state index in [0.29, 0.717) is 28.2 Å². The summed E-state index contributed by atoms with van der Waals surface area (Å²) >= 11 is 1.20. The highest BCUT2D eigenvalue weighted by Crippen LogP contribution is 2.33. The Labute approximate surface area is 161 Å². The van der Waals surface area contributed by atoms with Crippen LogP contribution in [-0.4, -0.2) is 35.6 Å². The summed E-state index contributed by atoms with van der Waals surface area (Å²) in [6, 6.07) is 14.6. The van der Waals surface area contributed by atoms with Crippen molar-refractivity contribution >= 4 is 23.4 Å². The summed E-state index contributed by atoms with van der Waals surface area (Å²) in [4.78, 5) is 12.3. The van der Waals surface area contributed by atoms with Crippen LogP contribution < -0.4 is 14.8 Å². The molecule has 0 saturated heterocycles. The fourth-order valence-electron chi connectivity index (χ4n) is 2.31. The molecule has 7 nitrogen and oxygen atoms in total. The predicted molar refractivity (Wildman–Crippen MR) is 103 cm³/mol. The molecule has 8 heteroatoms. The van der Waals surface area contributed by atoms with E-state index in [1.165, 1.54) is 11.8 Å². The van der Waals surface area contributed by atoms with E-state index in [4.69, 9.17) is 13.9 Å². The highest BCUT2D eigenvalue weighted by molar-refractivity contribution is 8.00. The zero-order valence-electron chi connectivity index (χ0n) is 15.1. The molecule has 1 aromatic heterocycles. The number of nitrogens with zero attached hydrogens (tertiary/aromatic N) is 2. The minimum absolute atomic E-state index is 0.142. The van der Waals surface area contributed by atoms with Gasteiger partial charge in [-0.05, 0) is 37.3 Å². The molecule has 0 saturated carbocycles. The zero-order chi connectivity index (χ0) is 19.2. The first-order valence-corrected chi connectivity index (χ1v) is 9.07. The van der Waals surface area contributed by atoms with Gasteiger partial charge in [0, 0.05) is 11.3 Å². The molecule has 0 spiro atoms. The fourth-order valence-corrected chi connectivity index (χ4v) is 3.00. The van der Waals surface area contributed by atoms with E-state index in [1.807, 2.05) is 30.3 Å². The Morgan fingerprint density at radius 3 is 2.52 bits per heavy atom. The molecule has 0 aliphatic heterocycles. The van der Waals surface area contributed by atoms with Gasteiger partial charge in [0.15, 0.2) is 11.5 Å². The van der Waals surface area contributed by atoms with Crippen molar-refractivity contribution in [2.75, 3.05) is 19.5 Å². The number of hydrogen-bond donors (Lipinski definition) is 1. The molecule has 0 fully saturated rings. The number of rotatable bonds is 7. The number of anilines is 1. The van der Waals surface area contributed by atoms with E-state index in [9.17, 15) is 4.79 Å². The standard InChI is InChI=1S/C19H19N3O4S/c1-12(17(23)20-14-7-5-4-6-8-14)27-19-22-21-18(26-19)13-9-10-15(24-2)16(11-13)25-3/h4-12H,1-3H3,(H,20,23)/t12-/m0/s1. The van der Waals surface area contributed by atoms with Crippen LogP contribution in [0.1, 0.15) is 6.92 Å². The third kappa shape index (κ3) is 4.59. The smallest absolute Gasteiger partial charge is 0.277 e. The third-order valence-corrected chi connectivity index (χ3v) is 4.66. The van der Waals surface area contributed by atoms with Gasteiger partial charge in [0.25, 0.3) is 5.22 Å². The Kier molecular flexibility index (Phi) is 5.97. The predicted octanol–water partition coefficient (Wildman–Crippen LogP) is 3.87. The van der Waals surface area contributed by atoms with Crippen LogP contribution in [0.2, 0.25) is 0 Å². The van der Waals surface area contributed by atoms with Crippen molar-refractivity contribution in [3.8, 4) is 23.0 Å². The average Bonchev–Trinajstić information content (AvgIpc) is 3.16. The molecule has 1 amide bonds. The Hall–Kier alpha value is -3.00. The Morgan fingerprint density at radius 1 is 1.07 bits per heavy atom. The number of benzene rings is 2. The van der Waals surface area contributed by atoms with Crippen molar-refractivity contribution in [3.05, 3.63) is 48.5 Å². The number of carbonyl (C=O) groups is 1. The van der Waals surface area contributed by atoms with Crippen LogP contribution in [0, 0.1) is 0 Å². The van der Waals surface area contributed by atoms with Crippen LogP contribution in [0.3, 0.4) is 0 Å². The first-order chi connectivity index (χ1) is 13.1. The van der Waals surface area contributed by atoms with Gasteiger partial charge in [-0.15, -0.1) is 10.2 Å². The number of carbonyl (C=O) groups excluding carboxylic acids is 1. The lowest BCUT2D eigenvalue weighted by Gasteiger charge is -2.09. The lowest BCUT2D eigenvalue weighted by molar-refractivity contribution is -0.115. The van der Waals surface area contributed by atoms with Crippen LogP contribution in [0.15, 0.2) is 58.2 Å². The van der Waals surface area contributed by atoms with E-state index in [1.54, 1.807) is 39.3 Å². The number of para-hydroxylation sites is 1. The Balaban J connectivity index is 1.68. The summed E-state index contributed by atoms with van der Waals surface area (Å²) < 4.78 is 16.2. The van der Waals surface area contributed by atoms with Crippen LogP contribution in [0.25, 0.3) is 11.5 Å². The van der Waals surface area contributed by atoms with Gasteiger partial charge in [-0.3, -0.25) is 4.79 Å². The molecule has 0 unspecified atom stereocenters. The van der Waals surface area contributed by atoms with Gasteiger partial charge in [-0.2, -0.15) is 0 Å². The van der Waals surface area contributed by atoms with Crippen molar-refractivity contribution < 1.29 is 18.7 Å². The van der Waals surface area contributed by atoms with Crippen molar-refractivity contribution in [1.29, 1.82) is 0 Å². The van der Waals surface area contributed by atoms with Crippen LogP contribution in [-0.2, 0) is 4.79 Å². The normalized spacial score (nSPS) is 11.7. The second-order valence-electron chi connectivity index (χ2n) is 5.56. The van der Waals surface area contributed by atoms with Crippen molar-refractivity contribution in [3.63, 3.8) is 0 Å². The Bertz CT molecular complexity index is 914. The second-order valence-corrected chi connectivity index (χ2v) is 6.85. The molecule has 0 bridgehead atoms. The fraction of sp³-hybridized carbons (Fsp3) is 0.211. The molecule has 2 aromatic carbocycles. The number of amides is 1. The topological polar surface area (TPSA) is 86.5 Å². The number of thioether (sulfide) groups is 1. The van der Waals surface area contributed by atoms with E-state index in [0.717, 1.165) is 5.69 Å². The quantitative estimate of drug-likeness (QED) is 0.618. The molecule has 3 rings (SSSR count). The molecular formula is C19H19N3O4S. The van der Waals surface area contributed by atoms with Crippen LogP contribution in [0.4, 0.5) is 5.69 Å². The van der Waals surface area contributed by atoms with Gasteiger partial charge in [0.2, 0.25) is 11.8 Å². The lowest BCUT2D eigenvalue weighted by Crippen LogP contribution is -2.22. The largest absolute Gasteiger partial charge is 0.493 e. The Morgan fingerprint density at radius 2 is 1.81 bits per heavy atom. The van der Waals surface area contributed by atoms with Gasteiger partial charge >= 0.3 is 0 Å². The van der Waals surface area contributed by atoms with E-state index in [2.05, 4.69) is 15.5 Å². The number of methoxy groups -OCH3 is 2. The highest BCUT2D eigenvalue weighted by Gasteiger charge is 2.19. The lowest BCUT2D eigenvalue weighted by atomic mass is 10.2. The molecule has 0 aliphatic rings. The van der Waals surface area contributed by atoms with Gasteiger partial charge in [-0.1, -0.05) is 30.0 Å². The SMILES string of the molecule is COc1ccc(-c2nnc(S[C@@H](C)C(=O)Nc3ccccc3)o2)cc1OC. The van der Waals surface area contributed by atoms with E-state index < -0.39 is 5.25 Å². The first-order valence-electron chi connectivity index (χ1n) is 8.19. The molecule has 140 valence electrons. The average molecular weight is 385 g/mol. The van der Waals surface area contributed by atoms with E-state index in [-0.39, 0.29) is 5.91 Å². The summed E-state index contributed by atoms with van der Waals surface area (Å²) in [6.07, 6.45) is 0. The summed E-state index contributed by atoms with van der Waals surface area (Å²) in [5, 5.41) is 10.8. The molecule has 0 radical (unpaired) electrons. The summed E-state index contributed by atoms with van der Waals surface area (Å²) in [5.41, 5.74) is 1.44. The molecular weight excluding hydrogens is 366 g/mol. The number of aromatic nitrogens is 2. The molecule has 0 aliphatic carbocycles. The second kappa shape index (κ2) is 8.59. The molecule has 1 N–H and O–H groups in total. The van der Waals surface area contributed by atoms with Gasteiger partial charge in [0.05, 0.1) is 19.5 Å². The van der Waals surface area contributed by atoms with Crippen molar-refractivity contribution in [2.45, 2.75) is 17.4 Å². The minimum Gasteiger partial charge on any atom is -0.493 e. The van der Waals surface area contributed by atoms with Gasteiger partial charge < -0.3 is 19.2 Å². The van der Waals surface area contributed by atoms with Crippen LogP contribution in [0.5, 0.6) is 11.5 Å². The first kappa shape index (κ1) is 18.8. The molecule has 1 atom stereocenters. The minimum atomic E-state index is -0.399. The maximum absolute atomic E-state index is 12.3. The highest BCUT2D eigenvalue weighted by atomic mass is 32.2. The summed E-state index contributed by atoms with van der Waals surface area (Å²) in [5.74, 6) is 1.38. The monoisotopic (exact) mass is 385 g/mol. The maximum atomic E-state index is 12.3. The van der Waals surface area contributed by atoms with Crippen molar-refractivity contribution in [2.24, 2.45) is 0 Å². The third-order valence-electron chi connectivity index (χ3n) is 3.73. The van der Waals surface area contributed by atoms with Gasteiger partial charge in [-0.25, -0.2) is 0 Å². The molecule has 1 heterocycles. The number of ether oxygens (including phenoxy) is 2. The van der Waals surface area contributed by atoms with Gasteiger partial charge in [0.1, 0.15) is 0 Å². The zero-order valence-corrected chi connectivity index (χ0v) is 15.9. The summed E-state index contributed by atoms with van der Waals surface area (Å²) in [7, 11) is 3.13. The summed E-state index contributed by atoms with van der Waals surface area (Å²) in [6.45, 7) is 1.78. The van der Waals surface area contributed by atoms with Crippen molar-refractivity contribution in [1.82, 2.24) is 10.2 Å². The molecule has 27 heavy (non-hydrogen) atoms. The number of nitrogens with one attached hydrogen (secondary N) is 1. The maximum Gasteiger partial charge on any atom is 0.277 e.